The van der Waals surface area contributed by atoms with E-state index in [1.54, 1.807) is 24.3 Å². The van der Waals surface area contributed by atoms with Gasteiger partial charge in [0.25, 0.3) is 0 Å². The second-order valence-electron chi connectivity index (χ2n) is 5.77. The van der Waals surface area contributed by atoms with Crippen LogP contribution >= 0.6 is 0 Å². The summed E-state index contributed by atoms with van der Waals surface area (Å²) in [5.74, 6) is -1.24. The molecule has 3 nitrogen and oxygen atoms in total. The van der Waals surface area contributed by atoms with Gasteiger partial charge in [0, 0.05) is 17.5 Å². The third-order valence-corrected chi connectivity index (χ3v) is 4.14. The van der Waals surface area contributed by atoms with Gasteiger partial charge in [0.05, 0.1) is 5.57 Å². The Morgan fingerprint density at radius 3 is 2.09 bits per heavy atom. The Kier molecular flexibility index (Phi) is 4.11. The highest BCUT2D eigenvalue weighted by atomic mass is 16.3. The number of ketones is 2. The quantitative estimate of drug-likeness (QED) is 0.871. The predicted octanol–water partition coefficient (Wildman–Crippen LogP) is 3.92. The number of carbonyl (C=O) groups excluding carboxylic acids is 2. The molecular weight excluding hydrogens is 288 g/mol. The summed E-state index contributed by atoms with van der Waals surface area (Å²) in [6.07, 6.45) is 2.35. The van der Waals surface area contributed by atoms with Crippen LogP contribution in [0.25, 0.3) is 5.76 Å². The number of hydrogen-bond acceptors (Lipinski definition) is 3. The highest BCUT2D eigenvalue weighted by Gasteiger charge is 2.32. The van der Waals surface area contributed by atoms with Crippen LogP contribution in [0.4, 0.5) is 0 Å². The van der Waals surface area contributed by atoms with E-state index in [-0.39, 0.29) is 23.3 Å². The molecule has 0 spiro atoms. The Morgan fingerprint density at radius 1 is 0.826 bits per heavy atom. The SMILES string of the molecule is CCCc1ccc(CC2=C(O)c3ccccc3C(=O)C2=O)cc1. The monoisotopic (exact) mass is 306 g/mol. The third-order valence-electron chi connectivity index (χ3n) is 4.14. The summed E-state index contributed by atoms with van der Waals surface area (Å²) in [7, 11) is 0. The van der Waals surface area contributed by atoms with Crippen LogP contribution in [0.15, 0.2) is 54.1 Å². The number of aliphatic hydroxyl groups excluding tert-OH is 1. The van der Waals surface area contributed by atoms with E-state index in [2.05, 4.69) is 6.92 Å². The van der Waals surface area contributed by atoms with Crippen LogP contribution < -0.4 is 0 Å². The molecule has 23 heavy (non-hydrogen) atoms. The average molecular weight is 306 g/mol. The lowest BCUT2D eigenvalue weighted by atomic mass is 9.85. The van der Waals surface area contributed by atoms with Gasteiger partial charge < -0.3 is 5.11 Å². The smallest absolute Gasteiger partial charge is 0.234 e. The summed E-state index contributed by atoms with van der Waals surface area (Å²) in [5, 5.41) is 10.4. The van der Waals surface area contributed by atoms with E-state index in [0.29, 0.717) is 5.56 Å². The molecule has 1 N–H and O–H groups in total. The second kappa shape index (κ2) is 6.21. The van der Waals surface area contributed by atoms with Crippen molar-refractivity contribution in [3.63, 3.8) is 0 Å². The molecule has 0 bridgehead atoms. The molecule has 0 heterocycles. The van der Waals surface area contributed by atoms with E-state index in [9.17, 15) is 14.7 Å². The molecule has 116 valence electrons. The number of fused-ring (bicyclic) bond motifs is 1. The van der Waals surface area contributed by atoms with E-state index in [1.165, 1.54) is 5.56 Å². The summed E-state index contributed by atoms with van der Waals surface area (Å²) >= 11 is 0. The zero-order chi connectivity index (χ0) is 16.4. The average Bonchev–Trinajstić information content (AvgIpc) is 2.58. The Balaban J connectivity index is 1.95. The van der Waals surface area contributed by atoms with Gasteiger partial charge in [0.2, 0.25) is 11.6 Å². The van der Waals surface area contributed by atoms with Gasteiger partial charge in [-0.3, -0.25) is 9.59 Å². The Labute approximate surface area is 135 Å². The largest absolute Gasteiger partial charge is 0.507 e. The van der Waals surface area contributed by atoms with Gasteiger partial charge in [0.1, 0.15) is 5.76 Å². The van der Waals surface area contributed by atoms with E-state index >= 15 is 0 Å². The first-order valence-electron chi connectivity index (χ1n) is 7.80. The van der Waals surface area contributed by atoms with Gasteiger partial charge in [-0.25, -0.2) is 0 Å². The minimum atomic E-state index is -0.612. The fourth-order valence-corrected chi connectivity index (χ4v) is 2.90. The maximum atomic E-state index is 12.3. The van der Waals surface area contributed by atoms with Crippen molar-refractivity contribution < 1.29 is 14.7 Å². The molecule has 0 amide bonds. The second-order valence-corrected chi connectivity index (χ2v) is 5.77. The molecule has 0 fully saturated rings. The minimum Gasteiger partial charge on any atom is -0.507 e. The van der Waals surface area contributed by atoms with E-state index in [0.717, 1.165) is 18.4 Å². The topological polar surface area (TPSA) is 54.4 Å². The van der Waals surface area contributed by atoms with Crippen molar-refractivity contribution in [1.82, 2.24) is 0 Å². The van der Waals surface area contributed by atoms with Crippen LogP contribution in [-0.2, 0) is 17.6 Å². The van der Waals surface area contributed by atoms with Crippen molar-refractivity contribution in [3.8, 4) is 0 Å². The molecule has 2 aromatic rings. The van der Waals surface area contributed by atoms with Crippen molar-refractivity contribution in [3.05, 3.63) is 76.4 Å². The Hall–Kier alpha value is -2.68. The van der Waals surface area contributed by atoms with Crippen molar-refractivity contribution in [2.75, 3.05) is 0 Å². The van der Waals surface area contributed by atoms with Crippen LogP contribution in [-0.4, -0.2) is 16.7 Å². The molecular formula is C20H18O3. The lowest BCUT2D eigenvalue weighted by Gasteiger charge is -2.17. The minimum absolute atomic E-state index is 0.0807. The number of hydrogen-bond donors (Lipinski definition) is 1. The zero-order valence-corrected chi connectivity index (χ0v) is 13.0. The highest BCUT2D eigenvalue weighted by molar-refractivity contribution is 6.52. The van der Waals surface area contributed by atoms with E-state index in [1.807, 2.05) is 24.3 Å². The fraction of sp³-hybridized carbons (Fsp3) is 0.200. The van der Waals surface area contributed by atoms with Gasteiger partial charge >= 0.3 is 0 Å². The van der Waals surface area contributed by atoms with E-state index < -0.39 is 11.6 Å². The number of aliphatic hydroxyl groups is 1. The molecule has 0 radical (unpaired) electrons. The highest BCUT2D eigenvalue weighted by Crippen LogP contribution is 2.29. The lowest BCUT2D eigenvalue weighted by Crippen LogP contribution is -2.25. The van der Waals surface area contributed by atoms with Crippen LogP contribution in [0.2, 0.25) is 0 Å². The maximum absolute atomic E-state index is 12.3. The summed E-state index contributed by atoms with van der Waals surface area (Å²) in [4.78, 5) is 24.5. The molecule has 0 atom stereocenters. The standard InChI is InChI=1S/C20H18O3/c1-2-5-13-8-10-14(11-9-13)12-17-18(21)15-6-3-4-7-16(15)19(22)20(17)23/h3-4,6-11,21H,2,5,12H2,1H3. The van der Waals surface area contributed by atoms with E-state index in [4.69, 9.17) is 0 Å². The zero-order valence-electron chi connectivity index (χ0n) is 13.0. The van der Waals surface area contributed by atoms with Crippen LogP contribution in [0.1, 0.15) is 40.4 Å². The summed E-state index contributed by atoms with van der Waals surface area (Å²) in [6, 6.07) is 14.6. The summed E-state index contributed by atoms with van der Waals surface area (Å²) in [6.45, 7) is 2.13. The molecule has 0 aliphatic heterocycles. The van der Waals surface area contributed by atoms with Gasteiger partial charge in [-0.15, -0.1) is 0 Å². The van der Waals surface area contributed by atoms with Gasteiger partial charge in [-0.1, -0.05) is 61.9 Å². The molecule has 0 unspecified atom stereocenters. The van der Waals surface area contributed by atoms with Gasteiger partial charge in [-0.2, -0.15) is 0 Å². The fourth-order valence-electron chi connectivity index (χ4n) is 2.90. The first-order chi connectivity index (χ1) is 11.1. The number of aryl methyl sites for hydroxylation is 1. The van der Waals surface area contributed by atoms with Gasteiger partial charge in [-0.05, 0) is 17.5 Å². The number of carbonyl (C=O) groups is 2. The van der Waals surface area contributed by atoms with Crippen molar-refractivity contribution in [1.29, 1.82) is 0 Å². The predicted molar refractivity (Wildman–Crippen MR) is 89.5 cm³/mol. The summed E-state index contributed by atoms with van der Waals surface area (Å²) in [5.41, 5.74) is 3.04. The molecule has 0 aromatic heterocycles. The number of allylic oxidation sites excluding steroid dienone is 1. The lowest BCUT2D eigenvalue weighted by molar-refractivity contribution is -0.112. The molecule has 0 saturated heterocycles. The van der Waals surface area contributed by atoms with Crippen molar-refractivity contribution in [2.45, 2.75) is 26.2 Å². The first-order valence-corrected chi connectivity index (χ1v) is 7.80. The molecule has 1 aliphatic carbocycles. The van der Waals surface area contributed by atoms with Gasteiger partial charge in [0.15, 0.2) is 0 Å². The third kappa shape index (κ3) is 2.82. The normalized spacial score (nSPS) is 14.1. The maximum Gasteiger partial charge on any atom is 0.234 e. The van der Waals surface area contributed by atoms with Crippen LogP contribution in [0.5, 0.6) is 0 Å². The van der Waals surface area contributed by atoms with Crippen molar-refractivity contribution in [2.24, 2.45) is 0 Å². The number of benzene rings is 2. The van der Waals surface area contributed by atoms with Crippen LogP contribution in [0, 0.1) is 0 Å². The first kappa shape index (κ1) is 15.2. The van der Waals surface area contributed by atoms with Crippen molar-refractivity contribution >= 4 is 17.3 Å². The number of Topliss-reactive ketones (excluding diaryl/α,β-unsaturated/α-hetero) is 2. The Bertz CT molecular complexity index is 798. The number of rotatable bonds is 4. The summed E-state index contributed by atoms with van der Waals surface area (Å²) < 4.78 is 0. The molecule has 2 aromatic carbocycles. The molecule has 0 saturated carbocycles. The Morgan fingerprint density at radius 2 is 1.43 bits per heavy atom. The molecule has 3 heteroatoms. The molecule has 1 aliphatic rings. The molecule has 3 rings (SSSR count). The van der Waals surface area contributed by atoms with Crippen LogP contribution in [0.3, 0.4) is 0 Å².